The number of hydrogen-bond donors (Lipinski definition) is 2. The summed E-state index contributed by atoms with van der Waals surface area (Å²) < 4.78 is 6.78. The third kappa shape index (κ3) is 4.67. The van der Waals surface area contributed by atoms with Gasteiger partial charge in [-0.3, -0.25) is 14.9 Å². The van der Waals surface area contributed by atoms with E-state index in [9.17, 15) is 9.59 Å². The quantitative estimate of drug-likeness (QED) is 0.630. The fourth-order valence-corrected chi connectivity index (χ4v) is 3.30. The second kappa shape index (κ2) is 7.94. The van der Waals surface area contributed by atoms with E-state index in [0.29, 0.717) is 31.0 Å². The number of amides is 2. The monoisotopic (exact) mass is 357 g/mol. The first-order chi connectivity index (χ1) is 12.1. The molecular formula is C18H19N3O3S. The number of carbonyl (C=O) groups is 2. The van der Waals surface area contributed by atoms with E-state index in [0.717, 1.165) is 21.6 Å². The van der Waals surface area contributed by atoms with Crippen LogP contribution in [-0.4, -0.2) is 23.3 Å². The number of fused-ring (bicyclic) bond motifs is 1. The molecule has 2 heterocycles. The molecule has 3 rings (SSSR count). The highest BCUT2D eigenvalue weighted by molar-refractivity contribution is 7.21. The molecular weight excluding hydrogens is 338 g/mol. The van der Waals surface area contributed by atoms with E-state index in [1.807, 2.05) is 30.3 Å². The number of benzene rings is 1. The molecule has 0 bridgehead atoms. The van der Waals surface area contributed by atoms with E-state index in [-0.39, 0.29) is 11.8 Å². The second-order valence-corrected chi connectivity index (χ2v) is 6.67. The van der Waals surface area contributed by atoms with Crippen LogP contribution in [0.1, 0.15) is 26.2 Å². The molecule has 0 atom stereocenters. The van der Waals surface area contributed by atoms with Crippen molar-refractivity contribution in [2.45, 2.75) is 26.2 Å². The van der Waals surface area contributed by atoms with Gasteiger partial charge in [-0.05, 0) is 31.0 Å². The number of rotatable bonds is 7. The Morgan fingerprint density at radius 2 is 2.00 bits per heavy atom. The molecule has 7 heteroatoms. The van der Waals surface area contributed by atoms with Crippen molar-refractivity contribution in [1.29, 1.82) is 0 Å². The van der Waals surface area contributed by atoms with E-state index in [1.54, 1.807) is 17.4 Å². The number of aromatic nitrogens is 1. The Morgan fingerprint density at radius 1 is 1.16 bits per heavy atom. The van der Waals surface area contributed by atoms with Gasteiger partial charge in [0.25, 0.3) is 0 Å². The zero-order valence-corrected chi connectivity index (χ0v) is 14.7. The predicted molar refractivity (Wildman–Crippen MR) is 98.5 cm³/mol. The highest BCUT2D eigenvalue weighted by atomic mass is 32.1. The van der Waals surface area contributed by atoms with Crippen molar-refractivity contribution in [3.05, 3.63) is 36.4 Å². The largest absolute Gasteiger partial charge is 0.438 e. The molecule has 0 aliphatic carbocycles. The van der Waals surface area contributed by atoms with Crippen LogP contribution in [-0.2, 0) is 9.59 Å². The van der Waals surface area contributed by atoms with E-state index in [2.05, 4.69) is 15.6 Å². The lowest BCUT2D eigenvalue weighted by atomic mass is 10.2. The first-order valence-corrected chi connectivity index (χ1v) is 8.93. The van der Waals surface area contributed by atoms with Crippen LogP contribution < -0.4 is 10.6 Å². The number of furan rings is 1. The number of anilines is 1. The minimum absolute atomic E-state index is 0.0533. The number of carbonyl (C=O) groups excluding carboxylic acids is 2. The molecule has 130 valence electrons. The summed E-state index contributed by atoms with van der Waals surface area (Å²) in [6.07, 6.45) is 1.86. The molecule has 0 saturated heterocycles. The molecule has 6 nitrogen and oxygen atoms in total. The van der Waals surface area contributed by atoms with Crippen molar-refractivity contribution >= 4 is 39.3 Å². The van der Waals surface area contributed by atoms with Gasteiger partial charge >= 0.3 is 0 Å². The number of unbranched alkanes of at least 4 members (excludes halogenated alkanes) is 1. The SMILES string of the molecule is CC(=O)NCCCCC(=O)Nc1ccc(-c2nc3ccccc3s2)o1. The standard InChI is InChI=1S/C18H19N3O3S/c1-12(22)19-11-5-4-8-16(23)21-17-10-9-14(24-17)18-20-13-6-2-3-7-15(13)25-18/h2-3,6-7,9-10H,4-5,8,11H2,1H3,(H,19,22)(H,21,23). The van der Waals surface area contributed by atoms with Crippen molar-refractivity contribution in [2.75, 3.05) is 11.9 Å². The van der Waals surface area contributed by atoms with Gasteiger partial charge in [-0.25, -0.2) is 4.98 Å². The zero-order chi connectivity index (χ0) is 17.6. The van der Waals surface area contributed by atoms with Crippen molar-refractivity contribution < 1.29 is 14.0 Å². The van der Waals surface area contributed by atoms with Crippen LogP contribution in [0.4, 0.5) is 5.88 Å². The molecule has 0 aliphatic rings. The topological polar surface area (TPSA) is 84.2 Å². The lowest BCUT2D eigenvalue weighted by molar-refractivity contribution is -0.119. The maximum absolute atomic E-state index is 11.9. The number of para-hydroxylation sites is 1. The van der Waals surface area contributed by atoms with Crippen LogP contribution in [0.2, 0.25) is 0 Å². The van der Waals surface area contributed by atoms with Crippen LogP contribution in [0, 0.1) is 0 Å². The second-order valence-electron chi connectivity index (χ2n) is 5.64. The lowest BCUT2D eigenvalue weighted by Gasteiger charge is -2.03. The minimum Gasteiger partial charge on any atom is -0.438 e. The summed E-state index contributed by atoms with van der Waals surface area (Å²) in [5, 5.41) is 6.24. The van der Waals surface area contributed by atoms with Gasteiger partial charge in [0, 0.05) is 26.0 Å². The van der Waals surface area contributed by atoms with E-state index in [4.69, 9.17) is 4.42 Å². The maximum Gasteiger partial charge on any atom is 0.226 e. The van der Waals surface area contributed by atoms with Gasteiger partial charge < -0.3 is 9.73 Å². The predicted octanol–water partition coefficient (Wildman–Crippen LogP) is 3.80. The van der Waals surface area contributed by atoms with Crippen molar-refractivity contribution in [1.82, 2.24) is 10.3 Å². The van der Waals surface area contributed by atoms with E-state index < -0.39 is 0 Å². The molecule has 25 heavy (non-hydrogen) atoms. The van der Waals surface area contributed by atoms with Gasteiger partial charge in [0.2, 0.25) is 11.8 Å². The molecule has 0 saturated carbocycles. The van der Waals surface area contributed by atoms with Gasteiger partial charge in [-0.1, -0.05) is 12.1 Å². The summed E-state index contributed by atoms with van der Waals surface area (Å²) in [5.74, 6) is 0.902. The fraction of sp³-hybridized carbons (Fsp3) is 0.278. The zero-order valence-electron chi connectivity index (χ0n) is 13.9. The van der Waals surface area contributed by atoms with Crippen molar-refractivity contribution in [2.24, 2.45) is 0 Å². The average Bonchev–Trinajstić information content (AvgIpc) is 3.20. The molecule has 0 aliphatic heterocycles. The molecule has 0 fully saturated rings. The number of hydrogen-bond acceptors (Lipinski definition) is 5. The molecule has 2 N–H and O–H groups in total. The van der Waals surface area contributed by atoms with Crippen LogP contribution in [0.15, 0.2) is 40.8 Å². The Bertz CT molecular complexity index is 851. The number of nitrogens with zero attached hydrogens (tertiary/aromatic N) is 1. The average molecular weight is 357 g/mol. The van der Waals surface area contributed by atoms with Crippen LogP contribution in [0.3, 0.4) is 0 Å². The summed E-state index contributed by atoms with van der Waals surface area (Å²) in [5.41, 5.74) is 0.934. The molecule has 0 unspecified atom stereocenters. The number of thiazole rings is 1. The van der Waals surface area contributed by atoms with Crippen LogP contribution in [0.5, 0.6) is 0 Å². The van der Waals surface area contributed by atoms with Gasteiger partial charge in [-0.2, -0.15) is 0 Å². The fourth-order valence-electron chi connectivity index (χ4n) is 2.37. The van der Waals surface area contributed by atoms with Gasteiger partial charge in [0.1, 0.15) is 0 Å². The first-order valence-electron chi connectivity index (χ1n) is 8.12. The molecule has 0 spiro atoms. The Balaban J connectivity index is 1.53. The highest BCUT2D eigenvalue weighted by Crippen LogP contribution is 2.32. The summed E-state index contributed by atoms with van der Waals surface area (Å²) in [6, 6.07) is 11.4. The Kier molecular flexibility index (Phi) is 5.45. The van der Waals surface area contributed by atoms with E-state index >= 15 is 0 Å². The van der Waals surface area contributed by atoms with Crippen molar-refractivity contribution in [3.63, 3.8) is 0 Å². The van der Waals surface area contributed by atoms with Crippen molar-refractivity contribution in [3.8, 4) is 10.8 Å². The summed E-state index contributed by atoms with van der Waals surface area (Å²) in [4.78, 5) is 27.2. The van der Waals surface area contributed by atoms with Gasteiger partial charge in [0.15, 0.2) is 16.7 Å². The maximum atomic E-state index is 11.9. The molecule has 0 radical (unpaired) electrons. The third-order valence-corrected chi connectivity index (χ3v) is 4.63. The Labute approximate surface area is 149 Å². The van der Waals surface area contributed by atoms with Crippen LogP contribution in [0.25, 0.3) is 21.0 Å². The first kappa shape index (κ1) is 17.2. The Hall–Kier alpha value is -2.67. The third-order valence-electron chi connectivity index (χ3n) is 3.58. The lowest BCUT2D eigenvalue weighted by Crippen LogP contribution is -2.21. The van der Waals surface area contributed by atoms with Gasteiger partial charge in [0.05, 0.1) is 10.2 Å². The van der Waals surface area contributed by atoms with E-state index in [1.165, 1.54) is 6.92 Å². The summed E-state index contributed by atoms with van der Waals surface area (Å²) >= 11 is 1.55. The molecule has 2 amide bonds. The summed E-state index contributed by atoms with van der Waals surface area (Å²) in [7, 11) is 0. The molecule has 2 aromatic heterocycles. The minimum atomic E-state index is -0.104. The molecule has 3 aromatic rings. The number of nitrogens with one attached hydrogen (secondary N) is 2. The normalized spacial score (nSPS) is 10.8. The van der Waals surface area contributed by atoms with Crippen LogP contribution >= 0.6 is 11.3 Å². The van der Waals surface area contributed by atoms with Gasteiger partial charge in [-0.15, -0.1) is 11.3 Å². The highest BCUT2D eigenvalue weighted by Gasteiger charge is 2.12. The smallest absolute Gasteiger partial charge is 0.226 e. The molecule has 1 aromatic carbocycles. The summed E-state index contributed by atoms with van der Waals surface area (Å²) in [6.45, 7) is 2.07. The Morgan fingerprint density at radius 3 is 2.80 bits per heavy atom.